The zero-order chi connectivity index (χ0) is 13.5. The topological polar surface area (TPSA) is 38.5 Å². The number of hydrogen-bond acceptors (Lipinski definition) is 4. The molecule has 1 fully saturated rings. The Morgan fingerprint density at radius 3 is 3.26 bits per heavy atom. The van der Waals surface area contributed by atoms with Gasteiger partial charge < -0.3 is 10.5 Å². The fraction of sp³-hybridized carbons (Fsp3) is 0.600. The van der Waals surface area contributed by atoms with E-state index < -0.39 is 0 Å². The van der Waals surface area contributed by atoms with Crippen molar-refractivity contribution in [2.45, 2.75) is 32.4 Å². The van der Waals surface area contributed by atoms with Gasteiger partial charge in [0, 0.05) is 35.5 Å². The van der Waals surface area contributed by atoms with Gasteiger partial charge in [0.25, 0.3) is 0 Å². The van der Waals surface area contributed by atoms with Crippen molar-refractivity contribution in [2.75, 3.05) is 26.2 Å². The Morgan fingerprint density at radius 1 is 1.58 bits per heavy atom. The van der Waals surface area contributed by atoms with Crippen LogP contribution < -0.4 is 5.73 Å². The molecular weight excluding hydrogens is 256 g/mol. The van der Waals surface area contributed by atoms with E-state index in [0.717, 1.165) is 25.3 Å². The molecule has 2 heterocycles. The molecule has 104 valence electrons. The van der Waals surface area contributed by atoms with Gasteiger partial charge in [-0.2, -0.15) is 0 Å². The molecule has 1 unspecified atom stereocenters. The van der Waals surface area contributed by atoms with Gasteiger partial charge in [-0.05, 0) is 32.4 Å². The lowest BCUT2D eigenvalue weighted by molar-refractivity contribution is 0.00390. The van der Waals surface area contributed by atoms with Crippen LogP contribution in [0.2, 0.25) is 0 Å². The maximum absolute atomic E-state index is 5.73. The summed E-state index contributed by atoms with van der Waals surface area (Å²) in [5.41, 5.74) is 6.47. The molecule has 0 aromatic carbocycles. The molecule has 3 nitrogen and oxygen atoms in total. The van der Waals surface area contributed by atoms with Crippen molar-refractivity contribution >= 4 is 11.3 Å². The maximum Gasteiger partial charge on any atom is 0.0702 e. The Kier molecular flexibility index (Phi) is 5.87. The Labute approximate surface area is 119 Å². The first-order valence-corrected chi connectivity index (χ1v) is 7.80. The quantitative estimate of drug-likeness (QED) is 0.857. The van der Waals surface area contributed by atoms with Crippen LogP contribution in [0, 0.1) is 11.8 Å². The highest BCUT2D eigenvalue weighted by atomic mass is 32.1. The molecule has 0 amide bonds. The molecule has 0 saturated carbocycles. The van der Waals surface area contributed by atoms with Crippen LogP contribution in [-0.2, 0) is 11.3 Å². The van der Waals surface area contributed by atoms with Crippen molar-refractivity contribution in [3.63, 3.8) is 0 Å². The molecule has 0 radical (unpaired) electrons. The summed E-state index contributed by atoms with van der Waals surface area (Å²) >= 11 is 1.78. The number of nitrogens with zero attached hydrogens (tertiary/aromatic N) is 1. The number of hydrogen-bond donors (Lipinski definition) is 1. The van der Waals surface area contributed by atoms with Crippen molar-refractivity contribution in [2.24, 2.45) is 5.73 Å². The average Bonchev–Trinajstić information content (AvgIpc) is 2.85. The number of thiophene rings is 1. The second-order valence-electron chi connectivity index (χ2n) is 4.76. The lowest BCUT2D eigenvalue weighted by atomic mass is 10.1. The van der Waals surface area contributed by atoms with Crippen LogP contribution in [0.5, 0.6) is 0 Å². The summed E-state index contributed by atoms with van der Waals surface area (Å²) < 4.78 is 5.73. The van der Waals surface area contributed by atoms with Crippen molar-refractivity contribution in [1.29, 1.82) is 0 Å². The Balaban J connectivity index is 1.88. The van der Waals surface area contributed by atoms with Crippen molar-refractivity contribution in [3.05, 3.63) is 21.9 Å². The highest BCUT2D eigenvalue weighted by molar-refractivity contribution is 7.10. The van der Waals surface area contributed by atoms with Crippen LogP contribution in [0.15, 0.2) is 11.4 Å². The minimum Gasteiger partial charge on any atom is -0.377 e. The molecule has 2 rings (SSSR count). The molecule has 4 heteroatoms. The summed E-state index contributed by atoms with van der Waals surface area (Å²) in [4.78, 5) is 3.86. The molecule has 0 bridgehead atoms. The van der Waals surface area contributed by atoms with Crippen LogP contribution >= 0.6 is 11.3 Å². The van der Waals surface area contributed by atoms with Crippen LogP contribution in [0.3, 0.4) is 0 Å². The summed E-state index contributed by atoms with van der Waals surface area (Å²) in [6, 6.07) is 2.18. The first-order valence-electron chi connectivity index (χ1n) is 6.92. The largest absolute Gasteiger partial charge is 0.377 e. The Bertz CT molecular complexity index is 444. The van der Waals surface area contributed by atoms with Gasteiger partial charge >= 0.3 is 0 Å². The molecule has 1 aliphatic rings. The van der Waals surface area contributed by atoms with Crippen LogP contribution in [-0.4, -0.2) is 37.2 Å². The van der Waals surface area contributed by atoms with E-state index in [-0.39, 0.29) is 0 Å². The number of piperidine rings is 1. The minimum absolute atomic E-state index is 0.412. The average molecular weight is 278 g/mol. The van der Waals surface area contributed by atoms with E-state index in [2.05, 4.69) is 35.1 Å². The zero-order valence-electron chi connectivity index (χ0n) is 11.5. The first kappa shape index (κ1) is 14.5. The summed E-state index contributed by atoms with van der Waals surface area (Å²) in [6.45, 7) is 6.55. The van der Waals surface area contributed by atoms with Crippen molar-refractivity contribution in [1.82, 2.24) is 4.90 Å². The third-order valence-corrected chi connectivity index (χ3v) is 4.15. The summed E-state index contributed by atoms with van der Waals surface area (Å²) in [5.74, 6) is 5.98. The normalized spacial score (nSPS) is 20.0. The molecule has 1 aromatic rings. The van der Waals surface area contributed by atoms with Gasteiger partial charge in [0.2, 0.25) is 0 Å². The number of rotatable bonds is 4. The molecular formula is C15H22N2OS. The van der Waals surface area contributed by atoms with Crippen LogP contribution in [0.25, 0.3) is 0 Å². The standard InChI is InChI=1S/C15H22N2OS/c1-2-18-14-6-4-8-17(10-14)11-15-9-13(12-19-15)5-3-7-16/h9,12,14H,2,4,6-8,10-11,16H2,1H3. The van der Waals surface area contributed by atoms with Gasteiger partial charge in [-0.1, -0.05) is 11.8 Å². The molecule has 0 spiro atoms. The molecule has 1 aliphatic heterocycles. The Morgan fingerprint density at radius 2 is 2.47 bits per heavy atom. The third-order valence-electron chi connectivity index (χ3n) is 3.23. The zero-order valence-corrected chi connectivity index (χ0v) is 12.3. The van der Waals surface area contributed by atoms with Gasteiger partial charge in [0.15, 0.2) is 0 Å². The molecule has 19 heavy (non-hydrogen) atoms. The third kappa shape index (κ3) is 4.63. The summed E-state index contributed by atoms with van der Waals surface area (Å²) in [6.07, 6.45) is 2.84. The Hall–Kier alpha value is -0.860. The van der Waals surface area contributed by atoms with Gasteiger partial charge in [-0.3, -0.25) is 4.90 Å². The maximum atomic E-state index is 5.73. The van der Waals surface area contributed by atoms with E-state index in [1.165, 1.54) is 24.3 Å². The molecule has 1 atom stereocenters. The molecule has 1 saturated heterocycles. The highest BCUT2D eigenvalue weighted by Gasteiger charge is 2.20. The van der Waals surface area contributed by atoms with E-state index >= 15 is 0 Å². The lowest BCUT2D eigenvalue weighted by Crippen LogP contribution is -2.39. The summed E-state index contributed by atoms with van der Waals surface area (Å²) in [7, 11) is 0. The predicted molar refractivity (Wildman–Crippen MR) is 80.2 cm³/mol. The van der Waals surface area contributed by atoms with Gasteiger partial charge in [0.05, 0.1) is 12.6 Å². The lowest BCUT2D eigenvalue weighted by Gasteiger charge is -2.32. The van der Waals surface area contributed by atoms with Crippen molar-refractivity contribution in [3.8, 4) is 11.8 Å². The fourth-order valence-electron chi connectivity index (χ4n) is 2.43. The molecule has 0 aliphatic carbocycles. The molecule has 1 aromatic heterocycles. The number of nitrogens with two attached hydrogens (primary N) is 1. The summed E-state index contributed by atoms with van der Waals surface area (Å²) in [5, 5.41) is 2.11. The van der Waals surface area contributed by atoms with E-state index in [9.17, 15) is 0 Å². The van der Waals surface area contributed by atoms with Crippen molar-refractivity contribution < 1.29 is 4.74 Å². The van der Waals surface area contributed by atoms with E-state index in [1.807, 2.05) is 0 Å². The minimum atomic E-state index is 0.412. The monoisotopic (exact) mass is 278 g/mol. The van der Waals surface area contributed by atoms with E-state index in [4.69, 9.17) is 10.5 Å². The SMILES string of the molecule is CCOC1CCCN(Cc2cc(C#CCN)cs2)C1. The molecule has 2 N–H and O–H groups in total. The predicted octanol–water partition coefficient (Wildman–Crippen LogP) is 2.06. The highest BCUT2D eigenvalue weighted by Crippen LogP contribution is 2.20. The number of likely N-dealkylation sites (tertiary alicyclic amines) is 1. The first-order chi connectivity index (χ1) is 9.31. The van der Waals surface area contributed by atoms with Crippen LogP contribution in [0.4, 0.5) is 0 Å². The fourth-order valence-corrected chi connectivity index (χ4v) is 3.29. The second kappa shape index (κ2) is 7.66. The van der Waals surface area contributed by atoms with E-state index in [0.29, 0.717) is 12.6 Å². The van der Waals surface area contributed by atoms with Gasteiger partial charge in [-0.25, -0.2) is 0 Å². The van der Waals surface area contributed by atoms with Gasteiger partial charge in [-0.15, -0.1) is 11.3 Å². The smallest absolute Gasteiger partial charge is 0.0702 e. The van der Waals surface area contributed by atoms with Crippen LogP contribution in [0.1, 0.15) is 30.2 Å². The number of ether oxygens (including phenoxy) is 1. The second-order valence-corrected chi connectivity index (χ2v) is 5.76. The van der Waals surface area contributed by atoms with E-state index in [1.54, 1.807) is 11.3 Å². The van der Waals surface area contributed by atoms with Gasteiger partial charge in [0.1, 0.15) is 0 Å².